The lowest BCUT2D eigenvalue weighted by atomic mass is 9.86. The molecule has 1 aliphatic rings. The van der Waals surface area contributed by atoms with Gasteiger partial charge in [-0.15, -0.1) is 0 Å². The van der Waals surface area contributed by atoms with Crippen molar-refractivity contribution in [3.05, 3.63) is 131 Å². The van der Waals surface area contributed by atoms with Crippen molar-refractivity contribution in [1.29, 1.82) is 0 Å². The van der Waals surface area contributed by atoms with Crippen LogP contribution in [0.4, 0.5) is 11.4 Å². The Hall–Kier alpha value is -3.85. The number of hydrogen-bond donors (Lipinski definition) is 0. The topological polar surface area (TPSA) is 23.6 Å². The lowest BCUT2D eigenvalue weighted by Gasteiger charge is -2.46. The molecule has 176 valence electrons. The van der Waals surface area contributed by atoms with Gasteiger partial charge in [-0.05, 0) is 53.3 Å². The maximum absolute atomic E-state index is 14.0. The van der Waals surface area contributed by atoms with Gasteiger partial charge in [0.2, 0.25) is 0 Å². The van der Waals surface area contributed by atoms with Crippen LogP contribution < -0.4 is 9.80 Å². The SMILES string of the molecule is Cc1ccc(N2C(=O)c3ccccc3N(Cc3ccccc3)[C@@H]2c2ccc(C(C)(C)C)cc2)cc1. The van der Waals surface area contributed by atoms with Crippen molar-refractivity contribution in [2.45, 2.75) is 45.8 Å². The van der Waals surface area contributed by atoms with Gasteiger partial charge in [-0.3, -0.25) is 9.69 Å². The molecule has 3 heteroatoms. The van der Waals surface area contributed by atoms with Crippen molar-refractivity contribution in [3.63, 3.8) is 0 Å². The molecule has 5 rings (SSSR count). The van der Waals surface area contributed by atoms with E-state index in [9.17, 15) is 4.79 Å². The fraction of sp³-hybridized carbons (Fsp3) is 0.219. The van der Waals surface area contributed by atoms with Crippen LogP contribution in [-0.2, 0) is 12.0 Å². The van der Waals surface area contributed by atoms with Gasteiger partial charge in [0.25, 0.3) is 5.91 Å². The summed E-state index contributed by atoms with van der Waals surface area (Å²) in [4.78, 5) is 18.3. The second kappa shape index (κ2) is 9.07. The van der Waals surface area contributed by atoms with Gasteiger partial charge in [0.05, 0.1) is 11.3 Å². The van der Waals surface area contributed by atoms with E-state index < -0.39 is 0 Å². The number of amides is 1. The van der Waals surface area contributed by atoms with Gasteiger partial charge in [-0.2, -0.15) is 0 Å². The molecule has 3 nitrogen and oxygen atoms in total. The molecule has 0 radical (unpaired) electrons. The number of carbonyl (C=O) groups excluding carboxylic acids is 1. The number of benzene rings is 4. The monoisotopic (exact) mass is 460 g/mol. The lowest BCUT2D eigenvalue weighted by Crippen LogP contribution is -2.49. The van der Waals surface area contributed by atoms with Crippen LogP contribution in [0.1, 0.15) is 59.5 Å². The number of anilines is 2. The van der Waals surface area contributed by atoms with E-state index in [0.29, 0.717) is 6.54 Å². The minimum absolute atomic E-state index is 0.0265. The average Bonchev–Trinajstić information content (AvgIpc) is 2.86. The van der Waals surface area contributed by atoms with Crippen LogP contribution in [0, 0.1) is 6.92 Å². The summed E-state index contributed by atoms with van der Waals surface area (Å²) in [6, 6.07) is 35.5. The molecule has 1 aliphatic heterocycles. The molecule has 0 spiro atoms. The Morgan fingerprint density at radius 3 is 2.03 bits per heavy atom. The molecule has 0 aromatic heterocycles. The van der Waals surface area contributed by atoms with Crippen molar-refractivity contribution < 1.29 is 4.79 Å². The zero-order valence-electron chi connectivity index (χ0n) is 20.9. The van der Waals surface area contributed by atoms with Gasteiger partial charge in [0, 0.05) is 12.2 Å². The van der Waals surface area contributed by atoms with Crippen LogP contribution in [0.25, 0.3) is 0 Å². The largest absolute Gasteiger partial charge is 0.342 e. The molecule has 4 aromatic carbocycles. The van der Waals surface area contributed by atoms with E-state index in [1.165, 1.54) is 16.7 Å². The second-order valence-corrected chi connectivity index (χ2v) is 10.4. The minimum Gasteiger partial charge on any atom is -0.342 e. The first-order chi connectivity index (χ1) is 16.8. The summed E-state index contributed by atoms with van der Waals surface area (Å²) in [5, 5.41) is 0. The van der Waals surface area contributed by atoms with Crippen LogP contribution in [0.5, 0.6) is 0 Å². The molecule has 35 heavy (non-hydrogen) atoms. The minimum atomic E-state index is -0.269. The van der Waals surface area contributed by atoms with E-state index in [1.54, 1.807) is 0 Å². The van der Waals surface area contributed by atoms with Crippen molar-refractivity contribution >= 4 is 17.3 Å². The van der Waals surface area contributed by atoms with Crippen LogP contribution in [0.2, 0.25) is 0 Å². The van der Waals surface area contributed by atoms with Gasteiger partial charge < -0.3 is 4.90 Å². The summed E-state index contributed by atoms with van der Waals surface area (Å²) in [5.74, 6) is 0.0265. The van der Waals surface area contributed by atoms with Crippen molar-refractivity contribution in [1.82, 2.24) is 0 Å². The van der Waals surface area contributed by atoms with Crippen LogP contribution in [-0.4, -0.2) is 5.91 Å². The van der Waals surface area contributed by atoms with Crippen LogP contribution >= 0.6 is 0 Å². The van der Waals surface area contributed by atoms with E-state index in [1.807, 2.05) is 29.2 Å². The predicted octanol–water partition coefficient (Wildman–Crippen LogP) is 7.66. The van der Waals surface area contributed by atoms with Gasteiger partial charge in [-0.25, -0.2) is 0 Å². The summed E-state index contributed by atoms with van der Waals surface area (Å²) in [5.41, 5.74) is 7.41. The quantitative estimate of drug-likeness (QED) is 0.312. The smallest absolute Gasteiger partial charge is 0.262 e. The predicted molar refractivity (Wildman–Crippen MR) is 145 cm³/mol. The summed E-state index contributed by atoms with van der Waals surface area (Å²) in [6.07, 6.45) is -0.269. The average molecular weight is 461 g/mol. The lowest BCUT2D eigenvalue weighted by molar-refractivity contribution is 0.0968. The normalized spacial score (nSPS) is 15.8. The molecule has 1 atom stereocenters. The van der Waals surface area contributed by atoms with Gasteiger partial charge in [0.15, 0.2) is 0 Å². The molecule has 0 bridgehead atoms. The Morgan fingerprint density at radius 2 is 1.37 bits per heavy atom. The number of para-hydroxylation sites is 1. The van der Waals surface area contributed by atoms with Gasteiger partial charge >= 0.3 is 0 Å². The van der Waals surface area contributed by atoms with Crippen LogP contribution in [0.3, 0.4) is 0 Å². The highest BCUT2D eigenvalue weighted by Crippen LogP contribution is 2.42. The molecule has 0 unspecified atom stereocenters. The molecule has 0 saturated heterocycles. The van der Waals surface area contributed by atoms with Crippen LogP contribution in [0.15, 0.2) is 103 Å². The maximum atomic E-state index is 14.0. The highest BCUT2D eigenvalue weighted by Gasteiger charge is 2.39. The summed E-state index contributed by atoms with van der Waals surface area (Å²) < 4.78 is 0. The highest BCUT2D eigenvalue weighted by atomic mass is 16.2. The first-order valence-corrected chi connectivity index (χ1v) is 12.2. The molecule has 0 N–H and O–H groups in total. The number of rotatable bonds is 4. The number of hydrogen-bond acceptors (Lipinski definition) is 2. The third-order valence-electron chi connectivity index (χ3n) is 6.79. The molecule has 0 aliphatic carbocycles. The van der Waals surface area contributed by atoms with E-state index >= 15 is 0 Å². The Morgan fingerprint density at radius 1 is 0.743 bits per heavy atom. The standard InChI is InChI=1S/C32H32N2O/c1-23-14-20-27(21-15-23)34-30(25-16-18-26(19-17-25)32(2,3)4)33(22-24-10-6-5-7-11-24)29-13-9-8-12-28(29)31(34)35/h5-21,30H,22H2,1-4H3/t30-/m0/s1. The third-order valence-corrected chi connectivity index (χ3v) is 6.79. The van der Waals surface area contributed by atoms with E-state index in [2.05, 4.69) is 111 Å². The number of nitrogens with zero attached hydrogens (tertiary/aromatic N) is 2. The number of fused-ring (bicyclic) bond motifs is 1. The Bertz CT molecular complexity index is 1320. The zero-order chi connectivity index (χ0) is 24.6. The molecule has 1 heterocycles. The van der Waals surface area contributed by atoms with Gasteiger partial charge in [0.1, 0.15) is 6.17 Å². The second-order valence-electron chi connectivity index (χ2n) is 10.4. The van der Waals surface area contributed by atoms with E-state index in [0.717, 1.165) is 22.5 Å². The van der Waals surface area contributed by atoms with E-state index in [-0.39, 0.29) is 17.5 Å². The molecule has 4 aromatic rings. The van der Waals surface area contributed by atoms with Crippen molar-refractivity contribution in [2.75, 3.05) is 9.80 Å². The fourth-order valence-corrected chi connectivity index (χ4v) is 4.82. The molecule has 0 fully saturated rings. The third kappa shape index (κ3) is 4.46. The zero-order valence-corrected chi connectivity index (χ0v) is 20.9. The maximum Gasteiger partial charge on any atom is 0.262 e. The van der Waals surface area contributed by atoms with Gasteiger partial charge in [-0.1, -0.05) is 105 Å². The summed E-state index contributed by atoms with van der Waals surface area (Å²) >= 11 is 0. The van der Waals surface area contributed by atoms with Crippen molar-refractivity contribution in [2.24, 2.45) is 0 Å². The fourth-order valence-electron chi connectivity index (χ4n) is 4.82. The van der Waals surface area contributed by atoms with E-state index in [4.69, 9.17) is 0 Å². The Labute approximate surface area is 208 Å². The molecule has 0 saturated carbocycles. The first-order valence-electron chi connectivity index (χ1n) is 12.2. The molecule has 1 amide bonds. The number of carbonyl (C=O) groups is 1. The molecular formula is C32H32N2O. The summed E-state index contributed by atoms with van der Waals surface area (Å²) in [6.45, 7) is 9.44. The Kier molecular flexibility index (Phi) is 5.94. The summed E-state index contributed by atoms with van der Waals surface area (Å²) in [7, 11) is 0. The highest BCUT2D eigenvalue weighted by molar-refractivity contribution is 6.12. The van der Waals surface area contributed by atoms with Crippen molar-refractivity contribution in [3.8, 4) is 0 Å². The first kappa shape index (κ1) is 22.9. The Balaban J connectivity index is 1.70. The number of aryl methyl sites for hydroxylation is 1. The molecular weight excluding hydrogens is 428 g/mol.